The highest BCUT2D eigenvalue weighted by Gasteiger charge is 2.55. The monoisotopic (exact) mass is 153 g/mol. The van der Waals surface area contributed by atoms with Crippen LogP contribution in [0.15, 0.2) is 4.99 Å². The lowest BCUT2D eigenvalue weighted by atomic mass is 10.1. The number of hydrogen-bond acceptors (Lipinski definition) is 3. The van der Waals surface area contributed by atoms with Crippen LogP contribution < -0.4 is 11.5 Å². The minimum absolute atomic E-state index is 0.0175. The molecule has 0 radical (unpaired) electrons. The summed E-state index contributed by atoms with van der Waals surface area (Å²) in [5.74, 6) is 0.837. The van der Waals surface area contributed by atoms with Crippen LogP contribution in [0.3, 0.4) is 0 Å². The van der Waals surface area contributed by atoms with E-state index >= 15 is 0 Å². The largest absolute Gasteiger partial charge is 0.387 e. The minimum atomic E-state index is -0.224. The maximum Gasteiger partial charge on any atom is 0.223 e. The Bertz CT molecular complexity index is 236. The molecule has 1 aliphatic heterocycles. The number of aliphatic imine (C=N–C) groups is 1. The van der Waals surface area contributed by atoms with E-state index in [1.807, 2.05) is 0 Å². The molecule has 1 saturated carbocycles. The number of amides is 1. The number of carbonyl (C=O) groups excluding carboxylic acids is 1. The summed E-state index contributed by atoms with van der Waals surface area (Å²) in [5.41, 5.74) is 10.7. The van der Waals surface area contributed by atoms with Gasteiger partial charge in [0.25, 0.3) is 0 Å². The third-order valence-electron chi connectivity index (χ3n) is 2.50. The fourth-order valence-electron chi connectivity index (χ4n) is 1.83. The quantitative estimate of drug-likeness (QED) is 0.519. The van der Waals surface area contributed by atoms with Crippen molar-refractivity contribution in [1.29, 1.82) is 0 Å². The van der Waals surface area contributed by atoms with Crippen molar-refractivity contribution >= 4 is 11.7 Å². The standard InChI is InChI=1S/C7H11N3O/c8-4-2-1-3-5(7(9)11)6(3)10-4/h3,5-6H,1-2H2,(H2,8,10)(H2,9,11)/t3-,5-,6-/m1/s1. The van der Waals surface area contributed by atoms with Crippen LogP contribution >= 0.6 is 0 Å². The molecule has 0 unspecified atom stereocenters. The topological polar surface area (TPSA) is 81.5 Å². The molecule has 2 aliphatic rings. The van der Waals surface area contributed by atoms with Crippen LogP contribution in [-0.2, 0) is 4.79 Å². The molecule has 1 aliphatic carbocycles. The molecule has 0 aromatic rings. The number of nitrogens with two attached hydrogens (primary N) is 2. The van der Waals surface area contributed by atoms with Gasteiger partial charge in [0.05, 0.1) is 17.8 Å². The number of carbonyl (C=O) groups is 1. The Balaban J connectivity index is 2.11. The number of primary amides is 1. The van der Waals surface area contributed by atoms with Crippen molar-refractivity contribution in [3.05, 3.63) is 0 Å². The van der Waals surface area contributed by atoms with Gasteiger partial charge in [-0.3, -0.25) is 9.79 Å². The normalized spacial score (nSPS) is 40.7. The molecule has 1 amide bonds. The van der Waals surface area contributed by atoms with Crippen LogP contribution in [0, 0.1) is 11.8 Å². The summed E-state index contributed by atoms with van der Waals surface area (Å²) in [5, 5.41) is 0. The molecule has 60 valence electrons. The number of nitrogens with zero attached hydrogens (tertiary/aromatic N) is 1. The zero-order valence-electron chi connectivity index (χ0n) is 6.16. The fourth-order valence-corrected chi connectivity index (χ4v) is 1.83. The maximum absolute atomic E-state index is 10.7. The first-order valence-electron chi connectivity index (χ1n) is 3.81. The lowest BCUT2D eigenvalue weighted by molar-refractivity contribution is -0.119. The van der Waals surface area contributed by atoms with Crippen LogP contribution in [0.5, 0.6) is 0 Å². The summed E-state index contributed by atoms with van der Waals surface area (Å²) >= 11 is 0. The summed E-state index contributed by atoms with van der Waals surface area (Å²) in [6, 6.07) is 0.126. The molecule has 1 heterocycles. The highest BCUT2D eigenvalue weighted by Crippen LogP contribution is 2.47. The van der Waals surface area contributed by atoms with Gasteiger partial charge in [-0.2, -0.15) is 0 Å². The molecule has 0 spiro atoms. The summed E-state index contributed by atoms with van der Waals surface area (Å²) < 4.78 is 0. The lowest BCUT2D eigenvalue weighted by Crippen LogP contribution is -2.16. The number of amidine groups is 1. The van der Waals surface area contributed by atoms with E-state index in [1.165, 1.54) is 0 Å². The second-order valence-electron chi connectivity index (χ2n) is 3.24. The summed E-state index contributed by atoms with van der Waals surface area (Å²) in [6.07, 6.45) is 1.80. The first-order valence-corrected chi connectivity index (χ1v) is 3.81. The first-order chi connectivity index (χ1) is 5.20. The Morgan fingerprint density at radius 3 is 2.91 bits per heavy atom. The van der Waals surface area contributed by atoms with Gasteiger partial charge >= 0.3 is 0 Å². The van der Waals surface area contributed by atoms with E-state index in [9.17, 15) is 4.79 Å². The fraction of sp³-hybridized carbons (Fsp3) is 0.714. The molecule has 4 N–H and O–H groups in total. The van der Waals surface area contributed by atoms with Gasteiger partial charge in [-0.05, 0) is 12.3 Å². The highest BCUT2D eigenvalue weighted by molar-refractivity contribution is 5.86. The summed E-state index contributed by atoms with van der Waals surface area (Å²) in [7, 11) is 0. The molecule has 4 nitrogen and oxygen atoms in total. The van der Waals surface area contributed by atoms with Crippen LogP contribution in [-0.4, -0.2) is 17.8 Å². The second-order valence-corrected chi connectivity index (χ2v) is 3.24. The number of hydrogen-bond donors (Lipinski definition) is 2. The van der Waals surface area contributed by atoms with Gasteiger partial charge < -0.3 is 11.5 Å². The van der Waals surface area contributed by atoms with Gasteiger partial charge in [-0.25, -0.2) is 0 Å². The third-order valence-corrected chi connectivity index (χ3v) is 2.50. The molecule has 1 fully saturated rings. The lowest BCUT2D eigenvalue weighted by Gasteiger charge is -2.03. The van der Waals surface area contributed by atoms with Gasteiger partial charge in [0.15, 0.2) is 0 Å². The van der Waals surface area contributed by atoms with Crippen LogP contribution in [0.1, 0.15) is 12.8 Å². The van der Waals surface area contributed by atoms with Crippen LogP contribution in [0.2, 0.25) is 0 Å². The highest BCUT2D eigenvalue weighted by atomic mass is 16.1. The van der Waals surface area contributed by atoms with Gasteiger partial charge in [0.1, 0.15) is 0 Å². The van der Waals surface area contributed by atoms with Gasteiger partial charge in [-0.15, -0.1) is 0 Å². The third kappa shape index (κ3) is 0.895. The van der Waals surface area contributed by atoms with Crippen molar-refractivity contribution in [2.45, 2.75) is 18.9 Å². The second kappa shape index (κ2) is 1.96. The zero-order chi connectivity index (χ0) is 8.01. The molecule has 0 saturated heterocycles. The average Bonchev–Trinajstić information content (AvgIpc) is 2.60. The Morgan fingerprint density at radius 2 is 2.36 bits per heavy atom. The summed E-state index contributed by atoms with van der Waals surface area (Å²) in [4.78, 5) is 14.9. The van der Waals surface area contributed by atoms with E-state index in [0.29, 0.717) is 11.8 Å². The molecular formula is C7H11N3O. The Hall–Kier alpha value is -1.06. The van der Waals surface area contributed by atoms with E-state index in [2.05, 4.69) is 4.99 Å². The predicted molar refractivity (Wildman–Crippen MR) is 40.8 cm³/mol. The SMILES string of the molecule is NC(=O)[C@@H]1[C@H]2CCC(N)=N[C@H]21. The van der Waals surface area contributed by atoms with Crippen LogP contribution in [0.4, 0.5) is 0 Å². The maximum atomic E-state index is 10.7. The van der Waals surface area contributed by atoms with E-state index in [-0.39, 0.29) is 17.9 Å². The minimum Gasteiger partial charge on any atom is -0.387 e. The average molecular weight is 153 g/mol. The van der Waals surface area contributed by atoms with E-state index < -0.39 is 0 Å². The van der Waals surface area contributed by atoms with Crippen molar-refractivity contribution in [3.8, 4) is 0 Å². The molecule has 0 bridgehead atoms. The molecule has 4 heteroatoms. The Kier molecular flexibility index (Phi) is 1.19. The Labute approximate surface area is 64.7 Å². The van der Waals surface area contributed by atoms with Crippen molar-refractivity contribution < 1.29 is 4.79 Å². The van der Waals surface area contributed by atoms with E-state index in [0.717, 1.165) is 12.8 Å². The first kappa shape index (κ1) is 6.64. The molecule has 0 aromatic carbocycles. The van der Waals surface area contributed by atoms with Gasteiger partial charge in [0.2, 0.25) is 5.91 Å². The molecule has 2 rings (SSSR count). The number of rotatable bonds is 1. The predicted octanol–water partition coefficient (Wildman–Crippen LogP) is -0.763. The number of fused-ring (bicyclic) bond motifs is 1. The van der Waals surface area contributed by atoms with Crippen LogP contribution in [0.25, 0.3) is 0 Å². The van der Waals surface area contributed by atoms with Crippen molar-refractivity contribution in [1.82, 2.24) is 0 Å². The van der Waals surface area contributed by atoms with Gasteiger partial charge in [-0.1, -0.05) is 0 Å². The molecule has 3 atom stereocenters. The van der Waals surface area contributed by atoms with Gasteiger partial charge in [0, 0.05) is 6.42 Å². The Morgan fingerprint density at radius 1 is 1.64 bits per heavy atom. The van der Waals surface area contributed by atoms with Crippen molar-refractivity contribution in [3.63, 3.8) is 0 Å². The molecule has 0 aromatic heterocycles. The zero-order valence-corrected chi connectivity index (χ0v) is 6.16. The molecular weight excluding hydrogens is 142 g/mol. The van der Waals surface area contributed by atoms with Crippen molar-refractivity contribution in [2.75, 3.05) is 0 Å². The summed E-state index contributed by atoms with van der Waals surface area (Å²) in [6.45, 7) is 0. The van der Waals surface area contributed by atoms with Crippen molar-refractivity contribution in [2.24, 2.45) is 28.3 Å². The smallest absolute Gasteiger partial charge is 0.223 e. The molecule has 11 heavy (non-hydrogen) atoms. The van der Waals surface area contributed by atoms with E-state index in [4.69, 9.17) is 11.5 Å². The van der Waals surface area contributed by atoms with E-state index in [1.54, 1.807) is 0 Å².